The number of hydrogen-bond donors (Lipinski definition) is 1. The van der Waals surface area contributed by atoms with Gasteiger partial charge in [-0.25, -0.2) is 4.68 Å². The molecule has 0 aliphatic heterocycles. The fraction of sp³-hybridized carbons (Fsp3) is 0.400. The molecule has 2 aromatic rings. The average Bonchev–Trinajstić information content (AvgIpc) is 2.79. The predicted octanol–water partition coefficient (Wildman–Crippen LogP) is 0.558. The Balaban J connectivity index is 2.14. The summed E-state index contributed by atoms with van der Waals surface area (Å²) in [6.45, 7) is 4.15. The first-order valence-electron chi connectivity index (χ1n) is 5.09. The van der Waals surface area contributed by atoms with Crippen LogP contribution in [-0.2, 0) is 17.8 Å². The number of aliphatic carboxylic acids is 1. The number of carboxylic acid groups (broad SMARTS) is 1. The van der Waals surface area contributed by atoms with Crippen molar-refractivity contribution in [3.8, 4) is 0 Å². The van der Waals surface area contributed by atoms with Crippen molar-refractivity contribution >= 4 is 5.97 Å². The van der Waals surface area contributed by atoms with Crippen LogP contribution in [0.4, 0.5) is 0 Å². The topological polar surface area (TPSA) is 94.0 Å². The molecule has 90 valence electrons. The zero-order valence-electron chi connectivity index (χ0n) is 9.54. The van der Waals surface area contributed by atoms with Gasteiger partial charge in [-0.2, -0.15) is 0 Å². The lowest BCUT2D eigenvalue weighted by Crippen LogP contribution is -2.02. The van der Waals surface area contributed by atoms with Crippen LogP contribution >= 0.6 is 0 Å². The van der Waals surface area contributed by atoms with E-state index < -0.39 is 5.97 Å². The van der Waals surface area contributed by atoms with E-state index in [0.717, 1.165) is 17.0 Å². The van der Waals surface area contributed by atoms with Crippen molar-refractivity contribution in [2.75, 3.05) is 0 Å². The van der Waals surface area contributed by atoms with Gasteiger partial charge < -0.3 is 9.63 Å². The second-order valence-corrected chi connectivity index (χ2v) is 3.78. The van der Waals surface area contributed by atoms with Gasteiger partial charge in [0.05, 0.1) is 24.4 Å². The standard InChI is InChI=1S/C10H12N4O3/c1-6-9(7(2)17-12-6)5-14-4-8(11-13-14)3-10(15)16/h4H,3,5H2,1-2H3,(H,15,16). The molecule has 0 aliphatic rings. The van der Waals surface area contributed by atoms with Gasteiger partial charge in [0.25, 0.3) is 0 Å². The maximum atomic E-state index is 10.5. The van der Waals surface area contributed by atoms with E-state index in [1.807, 2.05) is 13.8 Å². The maximum Gasteiger partial charge on any atom is 0.309 e. The number of aryl methyl sites for hydroxylation is 2. The van der Waals surface area contributed by atoms with Crippen molar-refractivity contribution < 1.29 is 14.4 Å². The predicted molar refractivity (Wildman–Crippen MR) is 56.4 cm³/mol. The fourth-order valence-corrected chi connectivity index (χ4v) is 1.54. The van der Waals surface area contributed by atoms with E-state index in [9.17, 15) is 4.79 Å². The van der Waals surface area contributed by atoms with E-state index in [2.05, 4.69) is 15.5 Å². The third-order valence-electron chi connectivity index (χ3n) is 2.42. The Kier molecular flexibility index (Phi) is 2.90. The van der Waals surface area contributed by atoms with E-state index in [0.29, 0.717) is 12.2 Å². The quantitative estimate of drug-likeness (QED) is 0.833. The van der Waals surface area contributed by atoms with E-state index in [1.54, 1.807) is 10.9 Å². The summed E-state index contributed by atoms with van der Waals surface area (Å²) in [6.07, 6.45) is 1.49. The minimum absolute atomic E-state index is 0.123. The summed E-state index contributed by atoms with van der Waals surface area (Å²) in [5.74, 6) is -0.188. The Morgan fingerprint density at radius 1 is 1.53 bits per heavy atom. The number of aromatic nitrogens is 4. The summed E-state index contributed by atoms with van der Waals surface area (Å²) in [5.41, 5.74) is 2.18. The lowest BCUT2D eigenvalue weighted by atomic mass is 10.2. The highest BCUT2D eigenvalue weighted by Crippen LogP contribution is 2.13. The Morgan fingerprint density at radius 3 is 2.88 bits per heavy atom. The normalized spacial score (nSPS) is 10.7. The van der Waals surface area contributed by atoms with Crippen LogP contribution in [0.25, 0.3) is 0 Å². The first-order valence-corrected chi connectivity index (χ1v) is 5.09. The summed E-state index contributed by atoms with van der Waals surface area (Å²) in [4.78, 5) is 10.5. The van der Waals surface area contributed by atoms with Crippen LogP contribution in [-0.4, -0.2) is 31.2 Å². The molecule has 17 heavy (non-hydrogen) atoms. The molecule has 0 aliphatic carbocycles. The first-order chi connectivity index (χ1) is 8.06. The van der Waals surface area contributed by atoms with Gasteiger partial charge in [-0.15, -0.1) is 5.10 Å². The minimum Gasteiger partial charge on any atom is -0.481 e. The van der Waals surface area contributed by atoms with Crippen LogP contribution in [0.2, 0.25) is 0 Å². The van der Waals surface area contributed by atoms with Crippen molar-refractivity contribution in [3.63, 3.8) is 0 Å². The van der Waals surface area contributed by atoms with E-state index >= 15 is 0 Å². The number of nitrogens with zero attached hydrogens (tertiary/aromatic N) is 4. The van der Waals surface area contributed by atoms with Gasteiger partial charge in [-0.3, -0.25) is 4.79 Å². The van der Waals surface area contributed by atoms with Crippen LogP contribution in [0.1, 0.15) is 22.7 Å². The van der Waals surface area contributed by atoms with E-state index in [1.165, 1.54) is 0 Å². The first kappa shape index (κ1) is 11.3. The highest BCUT2D eigenvalue weighted by Gasteiger charge is 2.11. The van der Waals surface area contributed by atoms with E-state index in [-0.39, 0.29) is 6.42 Å². The monoisotopic (exact) mass is 236 g/mol. The number of carbonyl (C=O) groups is 1. The summed E-state index contributed by atoms with van der Waals surface area (Å²) in [6, 6.07) is 0. The summed E-state index contributed by atoms with van der Waals surface area (Å²) in [7, 11) is 0. The van der Waals surface area contributed by atoms with Gasteiger partial charge >= 0.3 is 5.97 Å². The summed E-state index contributed by atoms with van der Waals surface area (Å²) in [5, 5.41) is 20.1. The van der Waals surface area contributed by atoms with Gasteiger partial charge in [0.2, 0.25) is 0 Å². The smallest absolute Gasteiger partial charge is 0.309 e. The molecule has 0 radical (unpaired) electrons. The third kappa shape index (κ3) is 2.49. The van der Waals surface area contributed by atoms with Crippen molar-refractivity contribution in [1.82, 2.24) is 20.2 Å². The van der Waals surface area contributed by atoms with Crippen molar-refractivity contribution in [2.45, 2.75) is 26.8 Å². The number of hydrogen-bond acceptors (Lipinski definition) is 5. The van der Waals surface area contributed by atoms with Crippen LogP contribution in [0.15, 0.2) is 10.7 Å². The van der Waals surface area contributed by atoms with Gasteiger partial charge in [-0.05, 0) is 13.8 Å². The Labute approximate surface area is 97.0 Å². The fourth-order valence-electron chi connectivity index (χ4n) is 1.54. The minimum atomic E-state index is -0.922. The Morgan fingerprint density at radius 2 is 2.29 bits per heavy atom. The second kappa shape index (κ2) is 4.36. The highest BCUT2D eigenvalue weighted by atomic mass is 16.5. The van der Waals surface area contributed by atoms with Crippen molar-refractivity contribution in [3.05, 3.63) is 28.9 Å². The molecular weight excluding hydrogens is 224 g/mol. The van der Waals surface area contributed by atoms with E-state index in [4.69, 9.17) is 9.63 Å². The molecule has 7 nitrogen and oxygen atoms in total. The molecule has 0 saturated carbocycles. The third-order valence-corrected chi connectivity index (χ3v) is 2.42. The van der Waals surface area contributed by atoms with Crippen molar-refractivity contribution in [1.29, 1.82) is 0 Å². The van der Waals surface area contributed by atoms with Crippen LogP contribution < -0.4 is 0 Å². The molecule has 0 amide bonds. The molecule has 0 saturated heterocycles. The average molecular weight is 236 g/mol. The summed E-state index contributed by atoms with van der Waals surface area (Å²) >= 11 is 0. The molecule has 1 N–H and O–H groups in total. The molecule has 2 rings (SSSR count). The molecule has 0 fully saturated rings. The molecule has 0 aromatic carbocycles. The maximum absolute atomic E-state index is 10.5. The lowest BCUT2D eigenvalue weighted by Gasteiger charge is -1.98. The molecule has 2 aromatic heterocycles. The number of rotatable bonds is 4. The van der Waals surface area contributed by atoms with Crippen LogP contribution in [0.5, 0.6) is 0 Å². The van der Waals surface area contributed by atoms with Crippen LogP contribution in [0.3, 0.4) is 0 Å². The molecule has 0 spiro atoms. The van der Waals surface area contributed by atoms with Crippen LogP contribution in [0, 0.1) is 13.8 Å². The molecule has 2 heterocycles. The van der Waals surface area contributed by atoms with Crippen molar-refractivity contribution in [2.24, 2.45) is 0 Å². The number of carboxylic acids is 1. The largest absolute Gasteiger partial charge is 0.481 e. The Hall–Kier alpha value is -2.18. The Bertz CT molecular complexity index is 524. The zero-order chi connectivity index (χ0) is 12.4. The highest BCUT2D eigenvalue weighted by molar-refractivity contribution is 5.69. The van der Waals surface area contributed by atoms with Gasteiger partial charge in [0.1, 0.15) is 5.76 Å². The lowest BCUT2D eigenvalue weighted by molar-refractivity contribution is -0.136. The molecule has 0 unspecified atom stereocenters. The van der Waals surface area contributed by atoms with Gasteiger partial charge in [0, 0.05) is 11.8 Å². The SMILES string of the molecule is Cc1noc(C)c1Cn1cc(CC(=O)O)nn1. The molecule has 0 bridgehead atoms. The van der Waals surface area contributed by atoms with Gasteiger partial charge in [-0.1, -0.05) is 10.4 Å². The molecule has 0 atom stereocenters. The van der Waals surface area contributed by atoms with Gasteiger partial charge in [0.15, 0.2) is 0 Å². The second-order valence-electron chi connectivity index (χ2n) is 3.78. The molecule has 7 heteroatoms. The zero-order valence-corrected chi connectivity index (χ0v) is 9.54. The molecular formula is C10H12N4O3. The summed E-state index contributed by atoms with van der Waals surface area (Å²) < 4.78 is 6.61.